The molecule has 78 valence electrons. The Bertz CT molecular complexity index is 465. The minimum Gasteiger partial charge on any atom is -0.480 e. The summed E-state index contributed by atoms with van der Waals surface area (Å²) < 4.78 is 1.51. The minimum absolute atomic E-state index is 0.420. The lowest BCUT2D eigenvalue weighted by Crippen LogP contribution is -2.11. The average Bonchev–Trinajstić information content (AvgIpc) is 2.59. The van der Waals surface area contributed by atoms with E-state index in [1.807, 2.05) is 0 Å². The molecule has 0 aromatic carbocycles. The number of hydrogen-bond donors (Lipinski definition) is 1. The fourth-order valence-corrected chi connectivity index (χ4v) is 1.66. The summed E-state index contributed by atoms with van der Waals surface area (Å²) in [7, 11) is 0. The van der Waals surface area contributed by atoms with Crippen molar-refractivity contribution in [1.82, 2.24) is 19.6 Å². The van der Waals surface area contributed by atoms with Crippen molar-refractivity contribution in [2.75, 3.05) is 0 Å². The Labute approximate surface area is 89.4 Å². The van der Waals surface area contributed by atoms with E-state index in [0.717, 1.165) is 11.8 Å². The molecule has 1 unspecified atom stereocenters. The summed E-state index contributed by atoms with van der Waals surface area (Å²) in [6.45, 7) is 1.59. The Balaban J connectivity index is 2.26. The van der Waals surface area contributed by atoms with Gasteiger partial charge in [-0.25, -0.2) is 9.50 Å². The van der Waals surface area contributed by atoms with Crippen LogP contribution in [0.1, 0.15) is 6.92 Å². The third-order valence-corrected chi connectivity index (χ3v) is 2.67. The fraction of sp³-hybridized carbons (Fsp3) is 0.250. The van der Waals surface area contributed by atoms with E-state index in [2.05, 4.69) is 15.1 Å². The van der Waals surface area contributed by atoms with Crippen LogP contribution in [0.2, 0.25) is 0 Å². The molecular weight excluding hydrogens is 216 g/mol. The van der Waals surface area contributed by atoms with E-state index < -0.39 is 11.2 Å². The van der Waals surface area contributed by atoms with Gasteiger partial charge in [0.05, 0.1) is 0 Å². The molecule has 2 aromatic rings. The zero-order chi connectivity index (χ0) is 10.8. The molecule has 7 heteroatoms. The first-order chi connectivity index (χ1) is 7.16. The molecule has 0 radical (unpaired) electrons. The van der Waals surface area contributed by atoms with Gasteiger partial charge in [0.2, 0.25) is 5.16 Å². The Kier molecular flexibility index (Phi) is 2.55. The number of hydrogen-bond acceptors (Lipinski definition) is 5. The van der Waals surface area contributed by atoms with Crippen LogP contribution in [-0.2, 0) is 4.79 Å². The Morgan fingerprint density at radius 3 is 3.13 bits per heavy atom. The number of carbonyl (C=O) groups is 1. The van der Waals surface area contributed by atoms with Crippen LogP contribution in [0.4, 0.5) is 0 Å². The molecule has 0 saturated heterocycles. The normalized spacial score (nSPS) is 12.9. The van der Waals surface area contributed by atoms with Gasteiger partial charge in [0, 0.05) is 12.4 Å². The van der Waals surface area contributed by atoms with Crippen LogP contribution in [0, 0.1) is 0 Å². The van der Waals surface area contributed by atoms with Crippen LogP contribution >= 0.6 is 11.8 Å². The van der Waals surface area contributed by atoms with E-state index in [0.29, 0.717) is 10.9 Å². The minimum atomic E-state index is -0.883. The topological polar surface area (TPSA) is 80.4 Å². The number of carboxylic acid groups (broad SMARTS) is 1. The molecule has 15 heavy (non-hydrogen) atoms. The molecule has 2 heterocycles. The van der Waals surface area contributed by atoms with Crippen LogP contribution in [0.25, 0.3) is 5.78 Å². The molecule has 0 saturated carbocycles. The number of thioether (sulfide) groups is 1. The number of nitrogens with zero attached hydrogens (tertiary/aromatic N) is 4. The van der Waals surface area contributed by atoms with Gasteiger partial charge in [-0.15, -0.1) is 5.10 Å². The summed E-state index contributed by atoms with van der Waals surface area (Å²) in [6.07, 6.45) is 3.32. The van der Waals surface area contributed by atoms with Crippen molar-refractivity contribution in [3.05, 3.63) is 18.5 Å². The predicted octanol–water partition coefficient (Wildman–Crippen LogP) is 0.690. The van der Waals surface area contributed by atoms with Crippen molar-refractivity contribution in [2.45, 2.75) is 17.3 Å². The molecule has 0 fully saturated rings. The smallest absolute Gasteiger partial charge is 0.316 e. The maximum Gasteiger partial charge on any atom is 0.316 e. The van der Waals surface area contributed by atoms with Crippen molar-refractivity contribution in [1.29, 1.82) is 0 Å². The summed E-state index contributed by atoms with van der Waals surface area (Å²) in [6, 6.07) is 1.73. The molecule has 2 rings (SSSR count). The zero-order valence-corrected chi connectivity index (χ0v) is 8.68. The van der Waals surface area contributed by atoms with Crippen LogP contribution in [0.5, 0.6) is 0 Å². The van der Waals surface area contributed by atoms with E-state index in [1.165, 1.54) is 4.52 Å². The molecule has 0 aliphatic carbocycles. The predicted molar refractivity (Wildman–Crippen MR) is 53.7 cm³/mol. The lowest BCUT2D eigenvalue weighted by atomic mass is 10.5. The van der Waals surface area contributed by atoms with Crippen molar-refractivity contribution in [3.8, 4) is 0 Å². The third kappa shape index (κ3) is 2.07. The third-order valence-electron chi connectivity index (χ3n) is 1.73. The second-order valence-electron chi connectivity index (χ2n) is 2.86. The molecule has 0 bridgehead atoms. The quantitative estimate of drug-likeness (QED) is 0.772. The number of rotatable bonds is 3. The SMILES string of the molecule is CC(Sc1nc2ncccn2n1)C(=O)O. The van der Waals surface area contributed by atoms with Gasteiger partial charge in [-0.3, -0.25) is 4.79 Å². The lowest BCUT2D eigenvalue weighted by Gasteiger charge is -1.99. The van der Waals surface area contributed by atoms with Crippen LogP contribution in [0.15, 0.2) is 23.6 Å². The zero-order valence-electron chi connectivity index (χ0n) is 7.86. The monoisotopic (exact) mass is 224 g/mol. The highest BCUT2D eigenvalue weighted by molar-refractivity contribution is 8.00. The van der Waals surface area contributed by atoms with Gasteiger partial charge in [-0.1, -0.05) is 11.8 Å². The highest BCUT2D eigenvalue weighted by Crippen LogP contribution is 2.19. The Hall–Kier alpha value is -1.63. The molecule has 1 N–H and O–H groups in total. The van der Waals surface area contributed by atoms with Crippen LogP contribution in [0.3, 0.4) is 0 Å². The number of carboxylic acids is 1. The first kappa shape index (κ1) is 9.91. The molecule has 0 amide bonds. The molecule has 0 aliphatic heterocycles. The van der Waals surface area contributed by atoms with E-state index in [4.69, 9.17) is 5.11 Å². The van der Waals surface area contributed by atoms with Gasteiger partial charge in [0.1, 0.15) is 5.25 Å². The fourth-order valence-electron chi connectivity index (χ4n) is 0.972. The van der Waals surface area contributed by atoms with Crippen LogP contribution in [-0.4, -0.2) is 35.9 Å². The van der Waals surface area contributed by atoms with Gasteiger partial charge in [0.15, 0.2) is 0 Å². The maximum atomic E-state index is 10.6. The highest BCUT2D eigenvalue weighted by Gasteiger charge is 2.15. The summed E-state index contributed by atoms with van der Waals surface area (Å²) in [4.78, 5) is 18.7. The Morgan fingerprint density at radius 2 is 2.47 bits per heavy atom. The number of aliphatic carboxylic acids is 1. The van der Waals surface area contributed by atoms with Gasteiger partial charge >= 0.3 is 5.97 Å². The van der Waals surface area contributed by atoms with Crippen molar-refractivity contribution >= 4 is 23.5 Å². The molecule has 1 atom stereocenters. The highest BCUT2D eigenvalue weighted by atomic mass is 32.2. The van der Waals surface area contributed by atoms with E-state index in [-0.39, 0.29) is 0 Å². The summed E-state index contributed by atoms with van der Waals surface area (Å²) in [5.41, 5.74) is 0. The summed E-state index contributed by atoms with van der Waals surface area (Å²) in [5.74, 6) is -0.413. The average molecular weight is 224 g/mol. The van der Waals surface area contributed by atoms with Gasteiger partial charge in [-0.05, 0) is 13.0 Å². The van der Waals surface area contributed by atoms with Crippen molar-refractivity contribution in [3.63, 3.8) is 0 Å². The summed E-state index contributed by atoms with van der Waals surface area (Å²) in [5, 5.41) is 12.6. The lowest BCUT2D eigenvalue weighted by molar-refractivity contribution is -0.136. The largest absolute Gasteiger partial charge is 0.480 e. The Morgan fingerprint density at radius 1 is 1.67 bits per heavy atom. The standard InChI is InChI=1S/C8H8N4O2S/c1-5(6(13)14)15-8-10-7-9-3-2-4-12(7)11-8/h2-5H,1H3,(H,13,14). The first-order valence-electron chi connectivity index (χ1n) is 4.23. The van der Waals surface area contributed by atoms with Crippen molar-refractivity contribution < 1.29 is 9.90 Å². The second kappa shape index (κ2) is 3.85. The van der Waals surface area contributed by atoms with Gasteiger partial charge in [-0.2, -0.15) is 4.98 Å². The molecule has 0 aliphatic rings. The molecule has 6 nitrogen and oxygen atoms in total. The van der Waals surface area contributed by atoms with E-state index >= 15 is 0 Å². The van der Waals surface area contributed by atoms with E-state index in [9.17, 15) is 4.79 Å². The molecular formula is C8H8N4O2S. The van der Waals surface area contributed by atoms with Gasteiger partial charge in [0.25, 0.3) is 5.78 Å². The van der Waals surface area contributed by atoms with Gasteiger partial charge < -0.3 is 5.11 Å². The molecule has 2 aromatic heterocycles. The number of fused-ring (bicyclic) bond motifs is 1. The summed E-state index contributed by atoms with van der Waals surface area (Å²) >= 11 is 1.09. The van der Waals surface area contributed by atoms with E-state index in [1.54, 1.807) is 25.4 Å². The molecule has 0 spiro atoms. The first-order valence-corrected chi connectivity index (χ1v) is 5.11. The van der Waals surface area contributed by atoms with Crippen LogP contribution < -0.4 is 0 Å². The number of aromatic nitrogens is 4. The maximum absolute atomic E-state index is 10.6. The second-order valence-corrected chi connectivity index (χ2v) is 4.16. The van der Waals surface area contributed by atoms with Crippen molar-refractivity contribution in [2.24, 2.45) is 0 Å².